The average molecular weight is 594 g/mol. The Labute approximate surface area is 268 Å². The van der Waals surface area contributed by atoms with Crippen molar-refractivity contribution in [3.63, 3.8) is 0 Å². The zero-order chi connectivity index (χ0) is 31.4. The Morgan fingerprint density at radius 1 is 0.674 bits per heavy atom. The lowest BCUT2D eigenvalue weighted by Gasteiger charge is -2.21. The molecule has 1 aliphatic carbocycles. The molecule has 0 aliphatic heterocycles. The number of allylic oxidation sites excluding steroid dienone is 4. The summed E-state index contributed by atoms with van der Waals surface area (Å²) in [7, 11) is 0. The van der Waals surface area contributed by atoms with E-state index < -0.39 is 0 Å². The van der Waals surface area contributed by atoms with Gasteiger partial charge in [-0.1, -0.05) is 136 Å². The third-order valence-electron chi connectivity index (χ3n) is 9.09. The number of rotatable bonds is 6. The predicted octanol–water partition coefficient (Wildman–Crippen LogP) is 10.8. The van der Waals surface area contributed by atoms with E-state index in [4.69, 9.17) is 19.4 Å². The lowest BCUT2D eigenvalue weighted by Crippen LogP contribution is -2.14. The molecular weight excluding hydrogens is 562 g/mol. The van der Waals surface area contributed by atoms with Gasteiger partial charge in [-0.3, -0.25) is 0 Å². The maximum atomic E-state index is 6.70. The summed E-state index contributed by atoms with van der Waals surface area (Å²) in [5.41, 5.74) is 11.3. The van der Waals surface area contributed by atoms with Gasteiger partial charge in [-0.2, -0.15) is 0 Å². The van der Waals surface area contributed by atoms with Crippen LogP contribution in [0.25, 0.3) is 72.8 Å². The van der Waals surface area contributed by atoms with E-state index in [9.17, 15) is 0 Å². The molecule has 0 amide bonds. The number of nitrogens with zero attached hydrogens (tertiary/aromatic N) is 3. The van der Waals surface area contributed by atoms with Crippen LogP contribution in [-0.2, 0) is 5.41 Å². The molecule has 0 N–H and O–H groups in total. The van der Waals surface area contributed by atoms with E-state index in [1.54, 1.807) is 6.08 Å². The van der Waals surface area contributed by atoms with Crippen LogP contribution >= 0.6 is 0 Å². The van der Waals surface area contributed by atoms with Gasteiger partial charge in [-0.05, 0) is 51.6 Å². The maximum absolute atomic E-state index is 6.70. The van der Waals surface area contributed by atoms with Gasteiger partial charge in [0, 0.05) is 27.3 Å². The molecule has 1 aliphatic rings. The summed E-state index contributed by atoms with van der Waals surface area (Å²) in [5.74, 6) is 1.74. The minimum atomic E-state index is -0.101. The van der Waals surface area contributed by atoms with E-state index in [2.05, 4.69) is 81.6 Å². The van der Waals surface area contributed by atoms with Crippen molar-refractivity contribution in [1.29, 1.82) is 0 Å². The normalized spacial score (nSPS) is 13.5. The van der Waals surface area contributed by atoms with Gasteiger partial charge in [-0.15, -0.1) is 0 Å². The Hall–Kier alpha value is -5.87. The Morgan fingerprint density at radius 2 is 1.37 bits per heavy atom. The third kappa shape index (κ3) is 4.26. The molecule has 0 radical (unpaired) electrons. The van der Waals surface area contributed by atoms with Crippen LogP contribution in [0.2, 0.25) is 0 Å². The molecule has 0 atom stereocenters. The fourth-order valence-electron chi connectivity index (χ4n) is 6.85. The molecule has 0 saturated heterocycles. The molecule has 0 saturated carbocycles. The smallest absolute Gasteiger partial charge is 0.167 e. The fraction of sp³-hybridized carbons (Fsp3) is 0.0714. The molecule has 0 bridgehead atoms. The number of para-hydroxylation sites is 1. The molecule has 5 aromatic carbocycles. The Kier molecular flexibility index (Phi) is 6.40. The van der Waals surface area contributed by atoms with Gasteiger partial charge < -0.3 is 4.42 Å². The van der Waals surface area contributed by atoms with Crippen LogP contribution in [0.4, 0.5) is 0 Å². The van der Waals surface area contributed by atoms with Crippen molar-refractivity contribution in [3.8, 4) is 45.3 Å². The van der Waals surface area contributed by atoms with E-state index in [0.29, 0.717) is 17.5 Å². The maximum Gasteiger partial charge on any atom is 0.167 e. The molecule has 4 nitrogen and oxygen atoms in total. The van der Waals surface area contributed by atoms with Crippen molar-refractivity contribution < 1.29 is 4.42 Å². The van der Waals surface area contributed by atoms with Crippen molar-refractivity contribution in [3.05, 3.63) is 157 Å². The highest BCUT2D eigenvalue weighted by Crippen LogP contribution is 2.53. The van der Waals surface area contributed by atoms with Gasteiger partial charge in [0.05, 0.1) is 5.56 Å². The number of benzene rings is 5. The van der Waals surface area contributed by atoms with Crippen LogP contribution in [0, 0.1) is 0 Å². The summed E-state index contributed by atoms with van der Waals surface area (Å²) in [6.07, 6.45) is 5.54. The zero-order valence-electron chi connectivity index (χ0n) is 25.8. The second kappa shape index (κ2) is 10.6. The van der Waals surface area contributed by atoms with Crippen molar-refractivity contribution in [2.75, 3.05) is 0 Å². The summed E-state index contributed by atoms with van der Waals surface area (Å²) < 4.78 is 6.70. The quantitative estimate of drug-likeness (QED) is 0.180. The first-order valence-electron chi connectivity index (χ1n) is 15.4. The van der Waals surface area contributed by atoms with Gasteiger partial charge in [0.25, 0.3) is 0 Å². The van der Waals surface area contributed by atoms with Gasteiger partial charge in [0.15, 0.2) is 17.5 Å². The third-order valence-corrected chi connectivity index (χ3v) is 9.09. The van der Waals surface area contributed by atoms with Gasteiger partial charge in [0.1, 0.15) is 11.2 Å². The second-order valence-electron chi connectivity index (χ2n) is 12.1. The SMILES string of the molecule is C=C/C=C(\C=C)c1cccc(-c2nc(-c3ccccc3)nc(-c3cccc4c3oc3ccc5c(c34)-c3ccccc3C5(C)C)n2)c1. The van der Waals surface area contributed by atoms with Crippen LogP contribution in [0.15, 0.2) is 145 Å². The summed E-state index contributed by atoms with van der Waals surface area (Å²) in [4.78, 5) is 15.1. The first-order chi connectivity index (χ1) is 22.5. The number of fused-ring (bicyclic) bond motifs is 7. The Bertz CT molecular complexity index is 2380. The van der Waals surface area contributed by atoms with E-state index in [0.717, 1.165) is 49.8 Å². The van der Waals surface area contributed by atoms with E-state index in [-0.39, 0.29) is 5.41 Å². The Balaban J connectivity index is 1.37. The summed E-state index contributed by atoms with van der Waals surface area (Å²) >= 11 is 0. The molecule has 7 aromatic rings. The summed E-state index contributed by atoms with van der Waals surface area (Å²) in [6, 6.07) is 37.5. The minimum Gasteiger partial charge on any atom is -0.455 e. The molecular formula is C42H31N3O. The van der Waals surface area contributed by atoms with Crippen LogP contribution in [0.1, 0.15) is 30.5 Å². The van der Waals surface area contributed by atoms with Crippen LogP contribution in [0.5, 0.6) is 0 Å². The second-order valence-corrected chi connectivity index (χ2v) is 12.1. The van der Waals surface area contributed by atoms with E-state index >= 15 is 0 Å². The highest BCUT2D eigenvalue weighted by atomic mass is 16.3. The summed E-state index contributed by atoms with van der Waals surface area (Å²) in [6.45, 7) is 12.4. The number of furan rings is 1. The standard InChI is InChI=1S/C42H31N3O/c1-5-14-26(6-2)28-17-12-18-29(25-28)40-43-39(27-15-8-7-9-16-27)44-41(45-40)32-21-13-20-31-37-35(46-38(31)32)24-23-34-36(37)30-19-10-11-22-33(30)42(34,3)4/h5-25H,1-2H2,3-4H3/b26-14+. The molecule has 2 aromatic heterocycles. The highest BCUT2D eigenvalue weighted by Gasteiger charge is 2.37. The predicted molar refractivity (Wildman–Crippen MR) is 189 cm³/mol. The molecule has 220 valence electrons. The average Bonchev–Trinajstić information content (AvgIpc) is 3.59. The van der Waals surface area contributed by atoms with Crippen LogP contribution < -0.4 is 0 Å². The topological polar surface area (TPSA) is 51.8 Å². The molecule has 4 heteroatoms. The minimum absolute atomic E-state index is 0.101. The Morgan fingerprint density at radius 3 is 2.17 bits per heavy atom. The molecule has 2 heterocycles. The van der Waals surface area contributed by atoms with E-state index in [1.165, 1.54) is 22.3 Å². The molecule has 0 fully saturated rings. The van der Waals surface area contributed by atoms with E-state index in [1.807, 2.05) is 66.7 Å². The monoisotopic (exact) mass is 593 g/mol. The van der Waals surface area contributed by atoms with Crippen molar-refractivity contribution >= 4 is 27.5 Å². The van der Waals surface area contributed by atoms with Crippen molar-refractivity contribution in [1.82, 2.24) is 15.0 Å². The van der Waals surface area contributed by atoms with Crippen molar-refractivity contribution in [2.24, 2.45) is 0 Å². The van der Waals surface area contributed by atoms with Gasteiger partial charge >= 0.3 is 0 Å². The molecule has 46 heavy (non-hydrogen) atoms. The van der Waals surface area contributed by atoms with Gasteiger partial charge in [0.2, 0.25) is 0 Å². The molecule has 8 rings (SSSR count). The molecule has 0 spiro atoms. The first kappa shape index (κ1) is 27.7. The lowest BCUT2D eigenvalue weighted by molar-refractivity contribution is 0.657. The number of aromatic nitrogens is 3. The first-order valence-corrected chi connectivity index (χ1v) is 15.4. The largest absolute Gasteiger partial charge is 0.455 e. The molecule has 0 unspecified atom stereocenters. The van der Waals surface area contributed by atoms with Crippen molar-refractivity contribution in [2.45, 2.75) is 19.3 Å². The van der Waals surface area contributed by atoms with Gasteiger partial charge in [-0.25, -0.2) is 15.0 Å². The number of hydrogen-bond acceptors (Lipinski definition) is 4. The highest BCUT2D eigenvalue weighted by molar-refractivity contribution is 6.17. The zero-order valence-corrected chi connectivity index (χ0v) is 25.8. The number of hydrogen-bond donors (Lipinski definition) is 0. The summed E-state index contributed by atoms with van der Waals surface area (Å²) in [5, 5.41) is 2.18. The fourth-order valence-corrected chi connectivity index (χ4v) is 6.85. The van der Waals surface area contributed by atoms with Crippen LogP contribution in [0.3, 0.4) is 0 Å². The lowest BCUT2D eigenvalue weighted by atomic mass is 9.82. The van der Waals surface area contributed by atoms with Crippen LogP contribution in [-0.4, -0.2) is 15.0 Å².